The molecular formula is C29H29N3O6S. The third-order valence-electron chi connectivity index (χ3n) is 5.87. The minimum absolute atomic E-state index is 0.110. The Hall–Kier alpha value is -4.36. The number of methoxy groups -OCH3 is 1. The lowest BCUT2D eigenvalue weighted by Gasteiger charge is -2.25. The molecule has 3 aromatic rings. The highest BCUT2D eigenvalue weighted by Crippen LogP contribution is 2.32. The number of hydrogen-bond donors (Lipinski definition) is 0. The van der Waals surface area contributed by atoms with Crippen LogP contribution in [0, 0.1) is 11.3 Å². The largest absolute Gasteiger partial charge is 0.494 e. The maximum absolute atomic E-state index is 13.8. The maximum Gasteiger partial charge on any atom is 0.338 e. The predicted octanol–water partition coefficient (Wildman–Crippen LogP) is 3.50. The monoisotopic (exact) mass is 547 g/mol. The number of hydrogen-bond acceptors (Lipinski definition) is 9. The highest BCUT2D eigenvalue weighted by molar-refractivity contribution is 7.07. The predicted molar refractivity (Wildman–Crippen MR) is 147 cm³/mol. The van der Waals surface area contributed by atoms with Gasteiger partial charge in [0, 0.05) is 0 Å². The molecule has 0 saturated heterocycles. The van der Waals surface area contributed by atoms with Gasteiger partial charge in [0.15, 0.2) is 22.9 Å². The molecule has 0 amide bonds. The highest BCUT2D eigenvalue weighted by Gasteiger charge is 2.33. The summed E-state index contributed by atoms with van der Waals surface area (Å²) in [5.74, 6) is 1.04. The Morgan fingerprint density at radius 1 is 1.18 bits per heavy atom. The summed E-state index contributed by atoms with van der Waals surface area (Å²) in [6.45, 7) is 7.62. The van der Waals surface area contributed by atoms with Crippen molar-refractivity contribution in [2.24, 2.45) is 4.99 Å². The van der Waals surface area contributed by atoms with Crippen molar-refractivity contribution in [2.75, 3.05) is 20.3 Å². The molecule has 10 heteroatoms. The number of fused-ring (bicyclic) bond motifs is 1. The minimum Gasteiger partial charge on any atom is -0.494 e. The van der Waals surface area contributed by atoms with E-state index < -0.39 is 12.0 Å². The lowest BCUT2D eigenvalue weighted by Crippen LogP contribution is -2.40. The molecule has 0 N–H and O–H groups in total. The van der Waals surface area contributed by atoms with Crippen molar-refractivity contribution in [2.45, 2.75) is 39.8 Å². The molecule has 0 fully saturated rings. The second-order valence-corrected chi connectivity index (χ2v) is 9.90. The van der Waals surface area contributed by atoms with Crippen molar-refractivity contribution in [1.82, 2.24) is 4.57 Å². The Labute approximate surface area is 229 Å². The van der Waals surface area contributed by atoms with Gasteiger partial charge in [-0.1, -0.05) is 29.5 Å². The Balaban J connectivity index is 1.86. The van der Waals surface area contributed by atoms with E-state index >= 15 is 0 Å². The third kappa shape index (κ3) is 5.89. The second-order valence-electron chi connectivity index (χ2n) is 8.90. The number of ether oxygens (including phenoxy) is 4. The van der Waals surface area contributed by atoms with Crippen LogP contribution in [0.4, 0.5) is 0 Å². The average Bonchev–Trinajstić information content (AvgIpc) is 3.21. The third-order valence-corrected chi connectivity index (χ3v) is 6.85. The average molecular weight is 548 g/mol. The van der Waals surface area contributed by atoms with Crippen molar-refractivity contribution in [3.63, 3.8) is 0 Å². The summed E-state index contributed by atoms with van der Waals surface area (Å²) in [7, 11) is 1.50. The number of nitrogens with zero attached hydrogens (tertiary/aromatic N) is 3. The zero-order chi connectivity index (χ0) is 28.1. The number of thiazole rings is 1. The van der Waals surface area contributed by atoms with Crippen LogP contribution in [-0.2, 0) is 9.53 Å². The van der Waals surface area contributed by atoms with Crippen molar-refractivity contribution in [1.29, 1.82) is 5.26 Å². The second kappa shape index (κ2) is 12.0. The fraction of sp³-hybridized carbons (Fsp3) is 0.310. The van der Waals surface area contributed by atoms with Gasteiger partial charge < -0.3 is 18.9 Å². The molecule has 4 rings (SSSR count). The molecular weight excluding hydrogens is 518 g/mol. The summed E-state index contributed by atoms with van der Waals surface area (Å²) in [6.07, 6.45) is 1.40. The number of esters is 1. The van der Waals surface area contributed by atoms with Crippen LogP contribution >= 0.6 is 11.3 Å². The van der Waals surface area contributed by atoms with Crippen molar-refractivity contribution in [3.05, 3.63) is 84.5 Å². The summed E-state index contributed by atoms with van der Waals surface area (Å²) in [5.41, 5.74) is 1.95. The molecule has 2 aromatic carbocycles. The lowest BCUT2D eigenvalue weighted by atomic mass is 9.96. The zero-order valence-electron chi connectivity index (χ0n) is 22.4. The number of nitriles is 1. The summed E-state index contributed by atoms with van der Waals surface area (Å²) in [6, 6.07) is 13.7. The summed E-state index contributed by atoms with van der Waals surface area (Å²) in [4.78, 5) is 32.2. The van der Waals surface area contributed by atoms with Crippen LogP contribution in [0.5, 0.6) is 17.2 Å². The van der Waals surface area contributed by atoms with Crippen LogP contribution in [0.25, 0.3) is 6.08 Å². The van der Waals surface area contributed by atoms with Crippen LogP contribution < -0.4 is 29.1 Å². The van der Waals surface area contributed by atoms with E-state index in [2.05, 4.69) is 4.99 Å². The number of carbonyl (C=O) groups excluding carboxylic acids is 1. The van der Waals surface area contributed by atoms with E-state index in [9.17, 15) is 9.59 Å². The van der Waals surface area contributed by atoms with Crippen molar-refractivity contribution >= 4 is 23.4 Å². The molecule has 0 saturated carbocycles. The van der Waals surface area contributed by atoms with Crippen molar-refractivity contribution in [3.8, 4) is 23.3 Å². The summed E-state index contributed by atoms with van der Waals surface area (Å²) < 4.78 is 23.9. The number of rotatable bonds is 9. The Morgan fingerprint density at radius 3 is 2.56 bits per heavy atom. The Morgan fingerprint density at radius 2 is 1.92 bits per heavy atom. The van der Waals surface area contributed by atoms with E-state index in [1.54, 1.807) is 45.0 Å². The standard InChI is InChI=1S/C29H29N3O6S/c1-6-36-21-10-8-20(9-11-21)26-25(28(34)38-17(2)3)18(4)31-29-32(26)27(33)24(39-29)16-19-7-12-22(37-14-13-30)23(15-19)35-5/h7-12,15-17,26H,6,14H2,1-5H3/b24-16+/t26-/m1/s1. The van der Waals surface area contributed by atoms with E-state index in [1.165, 1.54) is 23.0 Å². The van der Waals surface area contributed by atoms with Gasteiger partial charge in [-0.3, -0.25) is 9.36 Å². The van der Waals surface area contributed by atoms with Crippen LogP contribution in [0.15, 0.2) is 63.5 Å². The number of aromatic nitrogens is 1. The topological polar surface area (TPSA) is 112 Å². The first-order chi connectivity index (χ1) is 18.8. The molecule has 202 valence electrons. The summed E-state index contributed by atoms with van der Waals surface area (Å²) >= 11 is 1.23. The first-order valence-electron chi connectivity index (χ1n) is 12.4. The van der Waals surface area contributed by atoms with Gasteiger partial charge in [-0.2, -0.15) is 5.26 Å². The first-order valence-corrected chi connectivity index (χ1v) is 13.2. The van der Waals surface area contributed by atoms with Crippen LogP contribution in [-0.4, -0.2) is 37.0 Å². The van der Waals surface area contributed by atoms with E-state index in [1.807, 2.05) is 37.3 Å². The SMILES string of the molecule is CCOc1ccc([C@@H]2C(C(=O)OC(C)C)=C(C)N=c3s/c(=C/c4ccc(OCC#N)c(OC)c4)c(=O)n32)cc1. The molecule has 2 heterocycles. The fourth-order valence-electron chi connectivity index (χ4n) is 4.24. The van der Waals surface area contributed by atoms with E-state index in [4.69, 9.17) is 24.2 Å². The number of carbonyl (C=O) groups is 1. The van der Waals surface area contributed by atoms with Gasteiger partial charge in [-0.15, -0.1) is 0 Å². The molecule has 1 atom stereocenters. The fourth-order valence-corrected chi connectivity index (χ4v) is 5.29. The Bertz CT molecular complexity index is 1630. The van der Waals surface area contributed by atoms with Crippen molar-refractivity contribution < 1.29 is 23.7 Å². The molecule has 9 nitrogen and oxygen atoms in total. The highest BCUT2D eigenvalue weighted by atomic mass is 32.1. The number of allylic oxidation sites excluding steroid dienone is 1. The number of benzene rings is 2. The van der Waals surface area contributed by atoms with Gasteiger partial charge in [0.1, 0.15) is 11.8 Å². The molecule has 1 aromatic heterocycles. The van der Waals surface area contributed by atoms with E-state index in [-0.39, 0.29) is 18.3 Å². The van der Waals surface area contributed by atoms with Crippen LogP contribution in [0.2, 0.25) is 0 Å². The van der Waals surface area contributed by atoms with Gasteiger partial charge >= 0.3 is 5.97 Å². The first kappa shape index (κ1) is 27.7. The van der Waals surface area contributed by atoms with Gasteiger partial charge in [0.05, 0.1) is 41.7 Å². The van der Waals surface area contributed by atoms with Gasteiger partial charge in [0.25, 0.3) is 5.56 Å². The Kier molecular flexibility index (Phi) is 8.52. The molecule has 1 aliphatic rings. The quantitative estimate of drug-likeness (QED) is 0.377. The maximum atomic E-state index is 13.8. The normalized spacial score (nSPS) is 14.9. The smallest absolute Gasteiger partial charge is 0.338 e. The molecule has 0 spiro atoms. The molecule has 0 aliphatic carbocycles. The van der Waals surface area contributed by atoms with Gasteiger partial charge in [-0.25, -0.2) is 9.79 Å². The molecule has 1 aliphatic heterocycles. The van der Waals surface area contributed by atoms with Gasteiger partial charge in [0.2, 0.25) is 0 Å². The van der Waals surface area contributed by atoms with Crippen LogP contribution in [0.3, 0.4) is 0 Å². The zero-order valence-corrected chi connectivity index (χ0v) is 23.2. The van der Waals surface area contributed by atoms with E-state index in [0.29, 0.717) is 50.0 Å². The van der Waals surface area contributed by atoms with Gasteiger partial charge in [-0.05, 0) is 69.2 Å². The minimum atomic E-state index is -0.721. The molecule has 0 unspecified atom stereocenters. The molecule has 39 heavy (non-hydrogen) atoms. The summed E-state index contributed by atoms with van der Waals surface area (Å²) in [5, 5.41) is 8.80. The lowest BCUT2D eigenvalue weighted by molar-refractivity contribution is -0.143. The van der Waals surface area contributed by atoms with Crippen LogP contribution in [0.1, 0.15) is 44.9 Å². The van der Waals surface area contributed by atoms with E-state index in [0.717, 1.165) is 5.56 Å². The molecule has 0 radical (unpaired) electrons. The molecule has 0 bridgehead atoms.